The van der Waals surface area contributed by atoms with Crippen LogP contribution in [0.5, 0.6) is 5.75 Å². The Morgan fingerprint density at radius 3 is 2.60 bits per heavy atom. The van der Waals surface area contributed by atoms with Crippen LogP contribution in [0.3, 0.4) is 0 Å². The molecular weight excluding hydrogens is 250 g/mol. The van der Waals surface area contributed by atoms with Crippen molar-refractivity contribution >= 4 is 5.95 Å². The van der Waals surface area contributed by atoms with Crippen LogP contribution >= 0.6 is 0 Å². The standard InChI is InChI=1S/C16H19N3O/c1-20-15-10-17-16(18-11-15)19-9-5-8-14(12-19)13-6-3-2-4-7-13/h2-4,6-7,10-11,14H,5,8-9,12H2,1H3. The predicted molar refractivity (Wildman–Crippen MR) is 79.2 cm³/mol. The monoisotopic (exact) mass is 269 g/mol. The summed E-state index contributed by atoms with van der Waals surface area (Å²) in [5.74, 6) is 2.06. The number of benzene rings is 1. The van der Waals surface area contributed by atoms with Crippen molar-refractivity contribution < 1.29 is 4.74 Å². The minimum Gasteiger partial charge on any atom is -0.494 e. The average molecular weight is 269 g/mol. The van der Waals surface area contributed by atoms with Gasteiger partial charge in [0.05, 0.1) is 19.5 Å². The largest absolute Gasteiger partial charge is 0.494 e. The Morgan fingerprint density at radius 1 is 1.15 bits per heavy atom. The van der Waals surface area contributed by atoms with Crippen molar-refractivity contribution in [2.45, 2.75) is 18.8 Å². The minimum atomic E-state index is 0.565. The summed E-state index contributed by atoms with van der Waals surface area (Å²) in [4.78, 5) is 11.0. The number of rotatable bonds is 3. The van der Waals surface area contributed by atoms with E-state index in [0.29, 0.717) is 11.7 Å². The van der Waals surface area contributed by atoms with Crippen LogP contribution in [0, 0.1) is 0 Å². The van der Waals surface area contributed by atoms with Crippen molar-refractivity contribution in [1.29, 1.82) is 0 Å². The predicted octanol–water partition coefficient (Wildman–Crippen LogP) is 2.87. The van der Waals surface area contributed by atoms with E-state index in [0.717, 1.165) is 19.0 Å². The second kappa shape index (κ2) is 5.90. The van der Waals surface area contributed by atoms with E-state index in [1.807, 2.05) is 0 Å². The van der Waals surface area contributed by atoms with Gasteiger partial charge in [0.15, 0.2) is 5.75 Å². The van der Waals surface area contributed by atoms with Crippen LogP contribution in [0.2, 0.25) is 0 Å². The maximum Gasteiger partial charge on any atom is 0.225 e. The van der Waals surface area contributed by atoms with Gasteiger partial charge in [-0.25, -0.2) is 9.97 Å². The maximum atomic E-state index is 5.10. The first-order chi connectivity index (χ1) is 9.86. The quantitative estimate of drug-likeness (QED) is 0.858. The molecule has 104 valence electrons. The van der Waals surface area contributed by atoms with E-state index >= 15 is 0 Å². The minimum absolute atomic E-state index is 0.565. The molecule has 1 fully saturated rings. The molecule has 0 spiro atoms. The molecule has 0 N–H and O–H groups in total. The fourth-order valence-electron chi connectivity index (χ4n) is 2.73. The van der Waals surface area contributed by atoms with Crippen LogP contribution < -0.4 is 9.64 Å². The van der Waals surface area contributed by atoms with Gasteiger partial charge in [0.1, 0.15) is 0 Å². The SMILES string of the molecule is COc1cnc(N2CCCC(c3ccccc3)C2)nc1. The number of ether oxygens (including phenoxy) is 1. The molecule has 1 aliphatic rings. The summed E-state index contributed by atoms with van der Waals surface area (Å²) in [6.07, 6.45) is 5.87. The third-order valence-corrected chi connectivity index (χ3v) is 3.83. The summed E-state index contributed by atoms with van der Waals surface area (Å²) < 4.78 is 5.10. The molecule has 1 saturated heterocycles. The molecule has 0 bridgehead atoms. The third kappa shape index (κ3) is 2.74. The zero-order valence-electron chi connectivity index (χ0n) is 11.7. The number of aromatic nitrogens is 2. The molecule has 2 aromatic rings. The number of nitrogens with zero attached hydrogens (tertiary/aromatic N) is 3. The maximum absolute atomic E-state index is 5.10. The van der Waals surface area contributed by atoms with E-state index in [1.54, 1.807) is 19.5 Å². The van der Waals surface area contributed by atoms with E-state index in [4.69, 9.17) is 4.74 Å². The highest BCUT2D eigenvalue weighted by Crippen LogP contribution is 2.28. The van der Waals surface area contributed by atoms with Gasteiger partial charge in [-0.05, 0) is 18.4 Å². The van der Waals surface area contributed by atoms with E-state index in [9.17, 15) is 0 Å². The molecule has 2 heterocycles. The Hall–Kier alpha value is -2.10. The van der Waals surface area contributed by atoms with Gasteiger partial charge in [0.2, 0.25) is 5.95 Å². The number of hydrogen-bond donors (Lipinski definition) is 0. The highest BCUT2D eigenvalue weighted by Gasteiger charge is 2.22. The van der Waals surface area contributed by atoms with Gasteiger partial charge in [0, 0.05) is 19.0 Å². The van der Waals surface area contributed by atoms with Gasteiger partial charge in [-0.1, -0.05) is 30.3 Å². The van der Waals surface area contributed by atoms with Crippen LogP contribution in [0.25, 0.3) is 0 Å². The molecular formula is C16H19N3O. The molecule has 0 radical (unpaired) electrons. The lowest BCUT2D eigenvalue weighted by molar-refractivity contribution is 0.410. The summed E-state index contributed by atoms with van der Waals surface area (Å²) in [6, 6.07) is 10.7. The highest BCUT2D eigenvalue weighted by molar-refractivity contribution is 5.34. The molecule has 3 rings (SSSR count). The van der Waals surface area contributed by atoms with E-state index < -0.39 is 0 Å². The lowest BCUT2D eigenvalue weighted by Gasteiger charge is -2.33. The van der Waals surface area contributed by atoms with Gasteiger partial charge in [-0.2, -0.15) is 0 Å². The van der Waals surface area contributed by atoms with Gasteiger partial charge in [-0.15, -0.1) is 0 Å². The smallest absolute Gasteiger partial charge is 0.225 e. The second-order valence-corrected chi connectivity index (χ2v) is 5.12. The number of hydrogen-bond acceptors (Lipinski definition) is 4. The van der Waals surface area contributed by atoms with Crippen molar-refractivity contribution in [3.63, 3.8) is 0 Å². The van der Waals surface area contributed by atoms with Crippen LogP contribution in [-0.4, -0.2) is 30.2 Å². The van der Waals surface area contributed by atoms with Crippen molar-refractivity contribution in [3.8, 4) is 5.75 Å². The molecule has 0 aliphatic carbocycles. The summed E-state index contributed by atoms with van der Waals surface area (Å²) in [6.45, 7) is 2.01. The average Bonchev–Trinajstić information content (AvgIpc) is 2.56. The van der Waals surface area contributed by atoms with Crippen LogP contribution in [0.1, 0.15) is 24.3 Å². The van der Waals surface area contributed by atoms with Crippen molar-refractivity contribution in [3.05, 3.63) is 48.3 Å². The second-order valence-electron chi connectivity index (χ2n) is 5.12. The molecule has 0 saturated carbocycles. The van der Waals surface area contributed by atoms with Crippen molar-refractivity contribution in [1.82, 2.24) is 9.97 Å². The fraction of sp³-hybridized carbons (Fsp3) is 0.375. The van der Waals surface area contributed by atoms with Gasteiger partial charge < -0.3 is 9.64 Å². The zero-order chi connectivity index (χ0) is 13.8. The van der Waals surface area contributed by atoms with Gasteiger partial charge in [0.25, 0.3) is 0 Å². The Bertz CT molecular complexity index is 541. The number of anilines is 1. The molecule has 1 aliphatic heterocycles. The lowest BCUT2D eigenvalue weighted by atomic mass is 9.91. The summed E-state index contributed by atoms with van der Waals surface area (Å²) in [5, 5.41) is 0. The van der Waals surface area contributed by atoms with E-state index in [1.165, 1.54) is 18.4 Å². The molecule has 20 heavy (non-hydrogen) atoms. The van der Waals surface area contributed by atoms with Crippen LogP contribution in [-0.2, 0) is 0 Å². The third-order valence-electron chi connectivity index (χ3n) is 3.83. The van der Waals surface area contributed by atoms with Gasteiger partial charge in [-0.3, -0.25) is 0 Å². The molecule has 1 aromatic carbocycles. The first kappa shape index (κ1) is 12.9. The Morgan fingerprint density at radius 2 is 1.90 bits per heavy atom. The molecule has 4 nitrogen and oxygen atoms in total. The van der Waals surface area contributed by atoms with Crippen LogP contribution in [0.15, 0.2) is 42.7 Å². The molecule has 0 amide bonds. The Kier molecular flexibility index (Phi) is 3.81. The summed E-state index contributed by atoms with van der Waals surface area (Å²) >= 11 is 0. The van der Waals surface area contributed by atoms with E-state index in [2.05, 4.69) is 45.2 Å². The lowest BCUT2D eigenvalue weighted by Crippen LogP contribution is -2.35. The molecule has 4 heteroatoms. The first-order valence-corrected chi connectivity index (χ1v) is 7.03. The summed E-state index contributed by atoms with van der Waals surface area (Å²) in [7, 11) is 1.63. The zero-order valence-corrected chi connectivity index (χ0v) is 11.7. The van der Waals surface area contributed by atoms with Crippen molar-refractivity contribution in [2.24, 2.45) is 0 Å². The molecule has 1 unspecified atom stereocenters. The molecule has 1 atom stereocenters. The highest BCUT2D eigenvalue weighted by atomic mass is 16.5. The van der Waals surface area contributed by atoms with Crippen LogP contribution in [0.4, 0.5) is 5.95 Å². The Labute approximate surface area is 119 Å². The topological polar surface area (TPSA) is 38.2 Å². The number of methoxy groups -OCH3 is 1. The van der Waals surface area contributed by atoms with Crippen molar-refractivity contribution in [2.75, 3.05) is 25.1 Å². The van der Waals surface area contributed by atoms with Gasteiger partial charge >= 0.3 is 0 Å². The Balaban J connectivity index is 1.74. The summed E-state index contributed by atoms with van der Waals surface area (Å²) in [5.41, 5.74) is 1.41. The first-order valence-electron chi connectivity index (χ1n) is 7.03. The fourth-order valence-corrected chi connectivity index (χ4v) is 2.73. The normalized spacial score (nSPS) is 18.9. The molecule has 1 aromatic heterocycles. The number of piperidine rings is 1. The van der Waals surface area contributed by atoms with E-state index in [-0.39, 0.29) is 0 Å².